The minimum Gasteiger partial charge on any atom is -0.444 e. The molecule has 0 saturated carbocycles. The largest absolute Gasteiger partial charge is 0.444 e. The molecule has 0 radical (unpaired) electrons. The summed E-state index contributed by atoms with van der Waals surface area (Å²) in [5.41, 5.74) is 2.78. The van der Waals surface area contributed by atoms with Crippen molar-refractivity contribution >= 4 is 29.9 Å². The van der Waals surface area contributed by atoms with Gasteiger partial charge in [0.25, 0.3) is 5.56 Å². The van der Waals surface area contributed by atoms with Gasteiger partial charge in [-0.05, 0) is 44.9 Å². The van der Waals surface area contributed by atoms with Gasteiger partial charge < -0.3 is 19.6 Å². The normalized spacial score (nSPS) is 11.1. The molecule has 0 bridgehead atoms. The molecule has 0 spiro atoms. The summed E-state index contributed by atoms with van der Waals surface area (Å²) in [4.78, 5) is 21.0. The standard InChI is InChI=1S/C23H29N5O2.HI/c1-3-24-23(25-14-7-8-15-28-18(2)10-9-13-21(28)29)26-16-20-17-30-22(27-20)19-11-5-4-6-12-19;/h4-6,9-13,17H,3,7-8,14-16H2,1-2H3,(H2,24,25,26);1H. The van der Waals surface area contributed by atoms with E-state index in [0.717, 1.165) is 55.4 Å². The van der Waals surface area contributed by atoms with E-state index < -0.39 is 0 Å². The zero-order chi connectivity index (χ0) is 21.2. The van der Waals surface area contributed by atoms with Gasteiger partial charge in [0.1, 0.15) is 12.0 Å². The molecule has 31 heavy (non-hydrogen) atoms. The van der Waals surface area contributed by atoms with Gasteiger partial charge in [-0.1, -0.05) is 24.3 Å². The second-order valence-corrected chi connectivity index (χ2v) is 7.00. The molecule has 8 heteroatoms. The fraction of sp³-hybridized carbons (Fsp3) is 0.348. The number of oxazole rings is 1. The van der Waals surface area contributed by atoms with Crippen molar-refractivity contribution in [3.63, 3.8) is 0 Å². The first-order chi connectivity index (χ1) is 14.7. The number of unbranched alkanes of at least 4 members (excludes halogenated alkanes) is 1. The molecular weight excluding hydrogens is 505 g/mol. The molecule has 0 amide bonds. The molecule has 1 aromatic carbocycles. The van der Waals surface area contributed by atoms with E-state index in [4.69, 9.17) is 4.42 Å². The third kappa shape index (κ3) is 7.54. The van der Waals surface area contributed by atoms with E-state index in [-0.39, 0.29) is 29.5 Å². The third-order valence-corrected chi connectivity index (χ3v) is 4.68. The number of hydrogen-bond donors (Lipinski definition) is 2. The number of rotatable bonds is 9. The van der Waals surface area contributed by atoms with Crippen LogP contribution < -0.4 is 16.2 Å². The third-order valence-electron chi connectivity index (χ3n) is 4.68. The average Bonchev–Trinajstić information content (AvgIpc) is 3.23. The highest BCUT2D eigenvalue weighted by Gasteiger charge is 2.06. The first-order valence-electron chi connectivity index (χ1n) is 10.4. The Morgan fingerprint density at radius 1 is 1.10 bits per heavy atom. The second kappa shape index (κ2) is 12.9. The SMILES string of the molecule is CCNC(=NCc1coc(-c2ccccc2)n1)NCCCCn1c(C)cccc1=O.I. The Labute approximate surface area is 200 Å². The van der Waals surface area contributed by atoms with Crippen LogP contribution >= 0.6 is 24.0 Å². The van der Waals surface area contributed by atoms with Crippen molar-refractivity contribution in [2.45, 2.75) is 39.8 Å². The van der Waals surface area contributed by atoms with E-state index in [2.05, 4.69) is 20.6 Å². The van der Waals surface area contributed by atoms with Crippen molar-refractivity contribution in [2.24, 2.45) is 4.99 Å². The van der Waals surface area contributed by atoms with Gasteiger partial charge in [0.15, 0.2) is 5.96 Å². The minimum atomic E-state index is 0. The molecule has 3 aromatic rings. The van der Waals surface area contributed by atoms with Gasteiger partial charge in [-0.2, -0.15) is 0 Å². The molecule has 0 aliphatic carbocycles. The van der Waals surface area contributed by atoms with Gasteiger partial charge in [0, 0.05) is 37.0 Å². The Morgan fingerprint density at radius 3 is 2.65 bits per heavy atom. The summed E-state index contributed by atoms with van der Waals surface area (Å²) in [5, 5.41) is 6.58. The van der Waals surface area contributed by atoms with Crippen LogP contribution in [0.5, 0.6) is 0 Å². The van der Waals surface area contributed by atoms with E-state index in [9.17, 15) is 4.79 Å². The van der Waals surface area contributed by atoms with E-state index >= 15 is 0 Å². The molecule has 2 N–H and O–H groups in total. The highest BCUT2D eigenvalue weighted by Crippen LogP contribution is 2.18. The lowest BCUT2D eigenvalue weighted by atomic mass is 10.2. The summed E-state index contributed by atoms with van der Waals surface area (Å²) in [7, 11) is 0. The van der Waals surface area contributed by atoms with Crippen molar-refractivity contribution in [3.8, 4) is 11.5 Å². The lowest BCUT2D eigenvalue weighted by Crippen LogP contribution is -2.37. The van der Waals surface area contributed by atoms with Crippen molar-refractivity contribution in [1.29, 1.82) is 0 Å². The van der Waals surface area contributed by atoms with Gasteiger partial charge in [-0.15, -0.1) is 24.0 Å². The zero-order valence-electron chi connectivity index (χ0n) is 18.0. The second-order valence-electron chi connectivity index (χ2n) is 7.00. The zero-order valence-corrected chi connectivity index (χ0v) is 20.3. The van der Waals surface area contributed by atoms with E-state index in [0.29, 0.717) is 12.4 Å². The number of halogens is 1. The van der Waals surface area contributed by atoms with Crippen LogP contribution in [0.3, 0.4) is 0 Å². The number of aryl methyl sites for hydroxylation is 1. The summed E-state index contributed by atoms with van der Waals surface area (Å²) in [6, 6.07) is 15.2. The molecule has 2 aromatic heterocycles. The average molecular weight is 535 g/mol. The Hall–Kier alpha value is -2.62. The number of benzene rings is 1. The van der Waals surface area contributed by atoms with Crippen LogP contribution in [0.1, 0.15) is 31.2 Å². The molecule has 0 saturated heterocycles. The maximum atomic E-state index is 11.9. The van der Waals surface area contributed by atoms with E-state index in [1.807, 2.05) is 54.8 Å². The summed E-state index contributed by atoms with van der Waals surface area (Å²) >= 11 is 0. The number of aliphatic imine (C=N–C) groups is 1. The number of pyridine rings is 1. The molecule has 0 atom stereocenters. The van der Waals surface area contributed by atoms with Crippen LogP contribution in [-0.4, -0.2) is 28.6 Å². The van der Waals surface area contributed by atoms with Gasteiger partial charge in [0.2, 0.25) is 5.89 Å². The molecule has 0 unspecified atom stereocenters. The molecule has 0 aliphatic heterocycles. The molecular formula is C23H30IN5O2. The van der Waals surface area contributed by atoms with Gasteiger partial charge in [-0.3, -0.25) is 4.79 Å². The predicted octanol–water partition coefficient (Wildman–Crippen LogP) is 3.97. The monoisotopic (exact) mass is 535 g/mol. The van der Waals surface area contributed by atoms with E-state index in [1.54, 1.807) is 18.4 Å². The van der Waals surface area contributed by atoms with Crippen molar-refractivity contribution in [3.05, 3.63) is 76.5 Å². The fourth-order valence-electron chi connectivity index (χ4n) is 3.11. The summed E-state index contributed by atoms with van der Waals surface area (Å²) in [5.74, 6) is 1.35. The molecule has 7 nitrogen and oxygen atoms in total. The maximum absolute atomic E-state index is 11.9. The Kier molecular flexibility index (Phi) is 10.3. The minimum absolute atomic E-state index is 0. The summed E-state index contributed by atoms with van der Waals surface area (Å²) < 4.78 is 7.38. The van der Waals surface area contributed by atoms with Crippen molar-refractivity contribution < 1.29 is 4.42 Å². The number of aromatic nitrogens is 2. The molecule has 3 rings (SSSR count). The van der Waals surface area contributed by atoms with Crippen molar-refractivity contribution in [2.75, 3.05) is 13.1 Å². The lowest BCUT2D eigenvalue weighted by Gasteiger charge is -2.12. The summed E-state index contributed by atoms with van der Waals surface area (Å²) in [6.07, 6.45) is 3.50. The first-order valence-corrected chi connectivity index (χ1v) is 10.4. The molecule has 2 heterocycles. The highest BCUT2D eigenvalue weighted by atomic mass is 127. The van der Waals surface area contributed by atoms with Crippen molar-refractivity contribution in [1.82, 2.24) is 20.2 Å². The number of nitrogens with one attached hydrogen (secondary N) is 2. The lowest BCUT2D eigenvalue weighted by molar-refractivity contribution is 0.572. The Balaban J connectivity index is 0.00000341. The highest BCUT2D eigenvalue weighted by molar-refractivity contribution is 14.0. The van der Waals surface area contributed by atoms with Crippen LogP contribution in [0, 0.1) is 6.92 Å². The number of nitrogens with zero attached hydrogens (tertiary/aromatic N) is 3. The predicted molar refractivity (Wildman–Crippen MR) is 135 cm³/mol. The smallest absolute Gasteiger partial charge is 0.250 e. The molecule has 166 valence electrons. The maximum Gasteiger partial charge on any atom is 0.250 e. The van der Waals surface area contributed by atoms with Crippen LogP contribution in [-0.2, 0) is 13.1 Å². The number of guanidine groups is 1. The topological polar surface area (TPSA) is 84.4 Å². The number of hydrogen-bond acceptors (Lipinski definition) is 4. The molecule has 0 fully saturated rings. The Morgan fingerprint density at radius 2 is 1.90 bits per heavy atom. The fourth-order valence-corrected chi connectivity index (χ4v) is 3.11. The van der Waals surface area contributed by atoms with Gasteiger partial charge in [0.05, 0.1) is 6.54 Å². The van der Waals surface area contributed by atoms with Gasteiger partial charge in [-0.25, -0.2) is 9.98 Å². The van der Waals surface area contributed by atoms with Crippen LogP contribution in [0.4, 0.5) is 0 Å². The van der Waals surface area contributed by atoms with Gasteiger partial charge >= 0.3 is 0 Å². The molecule has 0 aliphatic rings. The first kappa shape index (κ1) is 24.6. The van der Waals surface area contributed by atoms with E-state index in [1.165, 1.54) is 0 Å². The van der Waals surface area contributed by atoms with Crippen LogP contribution in [0.25, 0.3) is 11.5 Å². The Bertz CT molecular complexity index is 1010. The van der Waals surface area contributed by atoms with Crippen LogP contribution in [0.15, 0.2) is 69.0 Å². The quantitative estimate of drug-likeness (QED) is 0.188. The summed E-state index contributed by atoms with van der Waals surface area (Å²) in [6.45, 7) is 6.71. The van der Waals surface area contributed by atoms with Crippen LogP contribution in [0.2, 0.25) is 0 Å².